The monoisotopic (exact) mass is 450 g/mol. The van der Waals surface area contributed by atoms with Crippen molar-refractivity contribution in [2.24, 2.45) is 0 Å². The van der Waals surface area contributed by atoms with E-state index in [2.05, 4.69) is 47.8 Å². The van der Waals surface area contributed by atoms with E-state index in [-0.39, 0.29) is 5.82 Å². The molecule has 0 heterocycles. The molecule has 0 saturated heterocycles. The maximum Gasteiger partial charge on any atom is 0.124 e. The summed E-state index contributed by atoms with van der Waals surface area (Å²) in [6.07, 6.45) is -0.303. The van der Waals surface area contributed by atoms with Gasteiger partial charge in [0, 0.05) is 19.8 Å². The Kier molecular flexibility index (Phi) is 5.17. The third-order valence-corrected chi connectivity index (χ3v) is 5.02. The van der Waals surface area contributed by atoms with Crippen LogP contribution in [0.15, 0.2) is 49.8 Å². The van der Waals surface area contributed by atoms with Crippen LogP contribution in [-0.2, 0) is 6.42 Å². The highest BCUT2D eigenvalue weighted by molar-refractivity contribution is 9.13. The number of hydrogen-bond donors (Lipinski definition) is 1. The van der Waals surface area contributed by atoms with Gasteiger partial charge in [-0.1, -0.05) is 22.0 Å². The number of aliphatic hydroxyl groups excluding tert-OH is 1. The summed E-state index contributed by atoms with van der Waals surface area (Å²) in [7, 11) is 0. The van der Waals surface area contributed by atoms with Gasteiger partial charge in [0.15, 0.2) is 0 Å². The molecule has 0 aliphatic heterocycles. The number of rotatable bonds is 3. The summed E-state index contributed by atoms with van der Waals surface area (Å²) in [5.74, 6) is -0.312. The molecule has 0 bridgehead atoms. The molecule has 100 valence electrons. The van der Waals surface area contributed by atoms with Gasteiger partial charge in [-0.25, -0.2) is 4.39 Å². The molecular weight excluding hydrogens is 443 g/mol. The van der Waals surface area contributed by atoms with E-state index in [1.807, 2.05) is 18.2 Å². The van der Waals surface area contributed by atoms with Crippen LogP contribution in [0.3, 0.4) is 0 Å². The van der Waals surface area contributed by atoms with Crippen LogP contribution in [-0.4, -0.2) is 5.11 Å². The van der Waals surface area contributed by atoms with Gasteiger partial charge in [0.05, 0.1) is 6.10 Å². The summed E-state index contributed by atoms with van der Waals surface area (Å²) in [5.41, 5.74) is 1.54. The fourth-order valence-corrected chi connectivity index (χ4v) is 2.95. The fourth-order valence-electron chi connectivity index (χ4n) is 1.79. The Morgan fingerprint density at radius 3 is 2.37 bits per heavy atom. The molecule has 0 radical (unpaired) electrons. The summed E-state index contributed by atoms with van der Waals surface area (Å²) < 4.78 is 15.8. The van der Waals surface area contributed by atoms with E-state index < -0.39 is 6.10 Å². The van der Waals surface area contributed by atoms with Gasteiger partial charge in [0.1, 0.15) is 5.82 Å². The van der Waals surface area contributed by atoms with Crippen molar-refractivity contribution in [3.8, 4) is 0 Å². The third kappa shape index (κ3) is 4.12. The molecule has 5 heteroatoms. The molecule has 0 saturated carbocycles. The molecule has 1 nitrogen and oxygen atoms in total. The number of benzene rings is 2. The van der Waals surface area contributed by atoms with Crippen LogP contribution in [0.2, 0.25) is 0 Å². The summed E-state index contributed by atoms with van der Waals surface area (Å²) >= 11 is 10.0. The SMILES string of the molecule is OC(Cc1cc(F)cc(Br)c1)c1ccc(Br)c(Br)c1. The Morgan fingerprint density at radius 2 is 1.74 bits per heavy atom. The van der Waals surface area contributed by atoms with Gasteiger partial charge in [0.25, 0.3) is 0 Å². The first kappa shape index (κ1) is 15.2. The lowest BCUT2D eigenvalue weighted by Crippen LogP contribution is -2.02. The van der Waals surface area contributed by atoms with Gasteiger partial charge in [-0.15, -0.1) is 0 Å². The largest absolute Gasteiger partial charge is 0.388 e. The Bertz CT molecular complexity index is 581. The minimum absolute atomic E-state index is 0.312. The lowest BCUT2D eigenvalue weighted by atomic mass is 10.0. The smallest absolute Gasteiger partial charge is 0.124 e. The summed E-state index contributed by atoms with van der Waals surface area (Å²) in [4.78, 5) is 0. The highest BCUT2D eigenvalue weighted by Gasteiger charge is 2.11. The van der Waals surface area contributed by atoms with Gasteiger partial charge in [-0.2, -0.15) is 0 Å². The van der Waals surface area contributed by atoms with Gasteiger partial charge >= 0.3 is 0 Å². The average molecular weight is 453 g/mol. The first-order valence-electron chi connectivity index (χ1n) is 5.53. The van der Waals surface area contributed by atoms with E-state index in [9.17, 15) is 9.50 Å². The molecule has 0 aromatic heterocycles. The molecule has 19 heavy (non-hydrogen) atoms. The molecule has 1 N–H and O–H groups in total. The maximum atomic E-state index is 13.3. The zero-order chi connectivity index (χ0) is 14.0. The highest BCUT2D eigenvalue weighted by atomic mass is 79.9. The molecule has 2 rings (SSSR count). The van der Waals surface area contributed by atoms with E-state index >= 15 is 0 Å². The third-order valence-electron chi connectivity index (χ3n) is 2.68. The van der Waals surface area contributed by atoms with Crippen LogP contribution in [0.4, 0.5) is 4.39 Å². The van der Waals surface area contributed by atoms with E-state index in [4.69, 9.17) is 0 Å². The van der Waals surface area contributed by atoms with Crippen LogP contribution >= 0.6 is 47.8 Å². The number of aliphatic hydroxyl groups is 1. The average Bonchev–Trinajstić information content (AvgIpc) is 2.31. The predicted octanol–water partition coefficient (Wildman–Crippen LogP) is 5.39. The van der Waals surface area contributed by atoms with Crippen LogP contribution in [0.5, 0.6) is 0 Å². The minimum atomic E-state index is -0.668. The normalized spacial score (nSPS) is 12.5. The Balaban J connectivity index is 2.20. The highest BCUT2D eigenvalue weighted by Crippen LogP contribution is 2.28. The summed E-state index contributed by atoms with van der Waals surface area (Å²) in [5, 5.41) is 10.2. The van der Waals surface area contributed by atoms with Gasteiger partial charge in [-0.3, -0.25) is 0 Å². The second-order valence-corrected chi connectivity index (χ2v) is 6.80. The van der Waals surface area contributed by atoms with Crippen molar-refractivity contribution in [2.45, 2.75) is 12.5 Å². The van der Waals surface area contributed by atoms with Crippen molar-refractivity contribution in [1.29, 1.82) is 0 Å². The van der Waals surface area contributed by atoms with Crippen molar-refractivity contribution < 1.29 is 9.50 Å². The van der Waals surface area contributed by atoms with E-state index in [0.717, 1.165) is 20.1 Å². The van der Waals surface area contributed by atoms with Crippen LogP contribution in [0, 0.1) is 5.82 Å². The zero-order valence-electron chi connectivity index (χ0n) is 9.71. The van der Waals surface area contributed by atoms with E-state index in [1.165, 1.54) is 12.1 Å². The van der Waals surface area contributed by atoms with Crippen LogP contribution < -0.4 is 0 Å². The summed E-state index contributed by atoms with van der Waals surface area (Å²) in [6.45, 7) is 0. The Morgan fingerprint density at radius 1 is 1.00 bits per heavy atom. The first-order valence-corrected chi connectivity index (χ1v) is 7.91. The van der Waals surface area contributed by atoms with E-state index in [0.29, 0.717) is 10.9 Å². The Labute approximate surface area is 136 Å². The second-order valence-electron chi connectivity index (χ2n) is 4.17. The van der Waals surface area contributed by atoms with Crippen molar-refractivity contribution in [1.82, 2.24) is 0 Å². The van der Waals surface area contributed by atoms with Crippen molar-refractivity contribution in [3.63, 3.8) is 0 Å². The fraction of sp³-hybridized carbons (Fsp3) is 0.143. The number of halogens is 4. The van der Waals surface area contributed by atoms with Gasteiger partial charge in [0.2, 0.25) is 0 Å². The number of hydrogen-bond acceptors (Lipinski definition) is 1. The van der Waals surface area contributed by atoms with Crippen molar-refractivity contribution in [2.75, 3.05) is 0 Å². The summed E-state index contributed by atoms with van der Waals surface area (Å²) in [6, 6.07) is 10.2. The second kappa shape index (κ2) is 6.48. The van der Waals surface area contributed by atoms with Crippen molar-refractivity contribution >= 4 is 47.8 Å². The minimum Gasteiger partial charge on any atom is -0.388 e. The maximum absolute atomic E-state index is 13.3. The molecule has 0 spiro atoms. The molecular formula is C14H10Br3FO. The van der Waals surface area contributed by atoms with Crippen LogP contribution in [0.25, 0.3) is 0 Å². The molecule has 0 fully saturated rings. The Hall–Kier alpha value is -0.230. The molecule has 0 aliphatic carbocycles. The van der Waals surface area contributed by atoms with Crippen LogP contribution in [0.1, 0.15) is 17.2 Å². The molecule has 2 aromatic carbocycles. The van der Waals surface area contributed by atoms with Gasteiger partial charge in [-0.05, 0) is 73.3 Å². The molecule has 2 aromatic rings. The standard InChI is InChI=1S/C14H10Br3FO/c15-10-3-8(4-11(18)7-10)5-14(19)9-1-2-12(16)13(17)6-9/h1-4,6-7,14,19H,5H2. The zero-order valence-corrected chi connectivity index (χ0v) is 14.5. The quantitative estimate of drug-likeness (QED) is 0.662. The van der Waals surface area contributed by atoms with Gasteiger partial charge < -0.3 is 5.11 Å². The molecule has 0 aliphatic rings. The first-order chi connectivity index (χ1) is 8.95. The molecule has 1 unspecified atom stereocenters. The molecule has 1 atom stereocenters. The van der Waals surface area contributed by atoms with Crippen molar-refractivity contribution in [3.05, 3.63) is 66.8 Å². The lowest BCUT2D eigenvalue weighted by molar-refractivity contribution is 0.178. The predicted molar refractivity (Wildman–Crippen MR) is 84.6 cm³/mol. The molecule has 0 amide bonds. The van der Waals surface area contributed by atoms with E-state index in [1.54, 1.807) is 6.07 Å². The lowest BCUT2D eigenvalue weighted by Gasteiger charge is -2.12. The topological polar surface area (TPSA) is 20.2 Å².